The van der Waals surface area contributed by atoms with Crippen LogP contribution in [0.4, 0.5) is 9.80 Å². The number of likely N-dealkylation sites (tertiary alicyclic amines) is 1. The maximum atomic E-state index is 12.2. The third-order valence-corrected chi connectivity index (χ3v) is 6.39. The SMILES string of the molecule is COC1CN(C(=O)OC2CCc3c(sc(NC(=O)C=Cc4ccco4)c3C#N)C2)C1. The summed E-state index contributed by atoms with van der Waals surface area (Å²) in [5.74, 6) is 0.231. The Balaban J connectivity index is 1.39. The van der Waals surface area contributed by atoms with E-state index in [1.807, 2.05) is 0 Å². The highest BCUT2D eigenvalue weighted by molar-refractivity contribution is 7.16. The Kier molecular flexibility index (Phi) is 5.88. The molecule has 3 heterocycles. The molecule has 8 nitrogen and oxygen atoms in total. The maximum Gasteiger partial charge on any atom is 0.410 e. The van der Waals surface area contributed by atoms with Crippen LogP contribution in [0.25, 0.3) is 6.08 Å². The Morgan fingerprint density at radius 2 is 2.23 bits per heavy atom. The van der Waals surface area contributed by atoms with Gasteiger partial charge in [-0.1, -0.05) is 0 Å². The molecule has 2 aromatic rings. The van der Waals surface area contributed by atoms with Crippen LogP contribution >= 0.6 is 11.3 Å². The molecule has 2 aromatic heterocycles. The minimum Gasteiger partial charge on any atom is -0.465 e. The fourth-order valence-corrected chi connectivity index (χ4v) is 4.78. The number of carbonyl (C=O) groups is 2. The topological polar surface area (TPSA) is 105 Å². The van der Waals surface area contributed by atoms with E-state index in [1.54, 1.807) is 30.2 Å². The Morgan fingerprint density at radius 1 is 1.40 bits per heavy atom. The Hall–Kier alpha value is -3.09. The minimum absolute atomic E-state index is 0.0824. The molecular formula is C21H21N3O5S. The van der Waals surface area contributed by atoms with Gasteiger partial charge in [-0.15, -0.1) is 11.3 Å². The normalized spacial score (nSPS) is 18.5. The van der Waals surface area contributed by atoms with E-state index in [4.69, 9.17) is 13.9 Å². The van der Waals surface area contributed by atoms with Gasteiger partial charge in [-0.3, -0.25) is 4.79 Å². The number of fused-ring (bicyclic) bond motifs is 1. The van der Waals surface area contributed by atoms with Crippen molar-refractivity contribution in [2.75, 3.05) is 25.5 Å². The molecule has 0 bridgehead atoms. The lowest BCUT2D eigenvalue weighted by Gasteiger charge is -2.38. The van der Waals surface area contributed by atoms with Crippen molar-refractivity contribution in [3.05, 3.63) is 46.2 Å². The van der Waals surface area contributed by atoms with Gasteiger partial charge in [0, 0.05) is 24.5 Å². The van der Waals surface area contributed by atoms with Crippen LogP contribution in [0.2, 0.25) is 0 Å². The van der Waals surface area contributed by atoms with Gasteiger partial charge in [0.2, 0.25) is 5.91 Å². The average Bonchev–Trinajstić information content (AvgIpc) is 3.32. The van der Waals surface area contributed by atoms with Gasteiger partial charge in [0.15, 0.2) is 0 Å². The van der Waals surface area contributed by atoms with Gasteiger partial charge >= 0.3 is 6.09 Å². The van der Waals surface area contributed by atoms with Crippen LogP contribution in [0.5, 0.6) is 0 Å². The Morgan fingerprint density at radius 3 is 2.93 bits per heavy atom. The van der Waals surface area contributed by atoms with Gasteiger partial charge in [0.25, 0.3) is 0 Å². The predicted molar refractivity (Wildman–Crippen MR) is 110 cm³/mol. The van der Waals surface area contributed by atoms with E-state index < -0.39 is 0 Å². The molecule has 0 saturated carbocycles. The molecule has 156 valence electrons. The molecule has 2 aliphatic rings. The molecule has 30 heavy (non-hydrogen) atoms. The number of carbonyl (C=O) groups excluding carboxylic acids is 2. The van der Waals surface area contributed by atoms with Crippen molar-refractivity contribution in [1.29, 1.82) is 5.26 Å². The van der Waals surface area contributed by atoms with Crippen molar-refractivity contribution in [3.8, 4) is 6.07 Å². The molecule has 1 fully saturated rings. The van der Waals surface area contributed by atoms with Gasteiger partial charge in [-0.05, 0) is 36.6 Å². The number of amides is 2. The van der Waals surface area contributed by atoms with Crippen LogP contribution in [0.15, 0.2) is 28.9 Å². The number of hydrogen-bond acceptors (Lipinski definition) is 7. The first-order valence-corrected chi connectivity index (χ1v) is 10.4. The zero-order chi connectivity index (χ0) is 21.1. The van der Waals surface area contributed by atoms with Gasteiger partial charge in [-0.25, -0.2) is 4.79 Å². The van der Waals surface area contributed by atoms with Crippen molar-refractivity contribution in [2.45, 2.75) is 31.5 Å². The van der Waals surface area contributed by atoms with E-state index in [0.717, 1.165) is 10.4 Å². The minimum atomic E-state index is -0.338. The number of nitrogens with zero attached hydrogens (tertiary/aromatic N) is 2. The quantitative estimate of drug-likeness (QED) is 0.735. The molecule has 2 amide bonds. The largest absolute Gasteiger partial charge is 0.465 e. The van der Waals surface area contributed by atoms with Crippen molar-refractivity contribution in [1.82, 2.24) is 4.90 Å². The van der Waals surface area contributed by atoms with E-state index in [2.05, 4.69) is 11.4 Å². The fourth-order valence-electron chi connectivity index (χ4n) is 3.51. The fraction of sp³-hybridized carbons (Fsp3) is 0.381. The van der Waals surface area contributed by atoms with Crippen LogP contribution in [-0.4, -0.2) is 49.3 Å². The molecule has 1 saturated heterocycles. The summed E-state index contributed by atoms with van der Waals surface area (Å²) in [6, 6.07) is 5.68. The average molecular weight is 427 g/mol. The molecule has 0 aromatic carbocycles. The third-order valence-electron chi connectivity index (χ3n) is 5.22. The van der Waals surface area contributed by atoms with Crippen molar-refractivity contribution >= 4 is 34.4 Å². The van der Waals surface area contributed by atoms with E-state index in [0.29, 0.717) is 48.7 Å². The maximum absolute atomic E-state index is 12.2. The van der Waals surface area contributed by atoms with Crippen molar-refractivity contribution < 1.29 is 23.5 Å². The summed E-state index contributed by atoms with van der Waals surface area (Å²) >= 11 is 1.36. The summed E-state index contributed by atoms with van der Waals surface area (Å²) in [5, 5.41) is 12.9. The van der Waals surface area contributed by atoms with E-state index >= 15 is 0 Å². The molecule has 0 spiro atoms. The molecule has 1 unspecified atom stereocenters. The standard InChI is InChI=1S/C21H21N3O5S/c1-27-15-11-24(12-15)21(26)29-14-4-6-16-17(10-22)20(30-18(16)9-14)23-19(25)7-5-13-3-2-8-28-13/h2-3,5,7-8,14-15H,4,6,9,11-12H2,1H3,(H,23,25). The first-order valence-electron chi connectivity index (χ1n) is 9.63. The monoisotopic (exact) mass is 427 g/mol. The molecule has 1 aliphatic carbocycles. The number of methoxy groups -OCH3 is 1. The van der Waals surface area contributed by atoms with Crippen LogP contribution in [0, 0.1) is 11.3 Å². The number of nitriles is 1. The van der Waals surface area contributed by atoms with Gasteiger partial charge in [0.1, 0.15) is 22.9 Å². The Bertz CT molecular complexity index is 999. The number of ether oxygens (including phenoxy) is 2. The summed E-state index contributed by atoms with van der Waals surface area (Å²) in [5.41, 5.74) is 1.42. The van der Waals surface area contributed by atoms with Crippen molar-refractivity contribution in [2.24, 2.45) is 0 Å². The number of rotatable bonds is 5. The second kappa shape index (κ2) is 8.73. The second-order valence-corrected chi connectivity index (χ2v) is 8.27. The molecular weight excluding hydrogens is 406 g/mol. The van der Waals surface area contributed by atoms with Crippen molar-refractivity contribution in [3.63, 3.8) is 0 Å². The summed E-state index contributed by atoms with van der Waals surface area (Å²) in [6.07, 6.45) is 5.80. The highest BCUT2D eigenvalue weighted by Crippen LogP contribution is 2.38. The Labute approximate surface area is 177 Å². The summed E-state index contributed by atoms with van der Waals surface area (Å²) in [7, 11) is 1.63. The molecule has 0 radical (unpaired) electrons. The molecule has 1 aliphatic heterocycles. The number of nitrogens with one attached hydrogen (secondary N) is 1. The van der Waals surface area contributed by atoms with E-state index in [-0.39, 0.29) is 24.2 Å². The van der Waals surface area contributed by atoms with Crippen LogP contribution < -0.4 is 5.32 Å². The lowest BCUT2D eigenvalue weighted by molar-refractivity contribution is -0.111. The number of furan rings is 1. The third kappa shape index (κ3) is 4.25. The smallest absolute Gasteiger partial charge is 0.410 e. The van der Waals surface area contributed by atoms with Gasteiger partial charge in [-0.2, -0.15) is 5.26 Å². The van der Waals surface area contributed by atoms with E-state index in [9.17, 15) is 14.9 Å². The zero-order valence-electron chi connectivity index (χ0n) is 16.4. The first kappa shape index (κ1) is 20.2. The summed E-state index contributed by atoms with van der Waals surface area (Å²) < 4.78 is 16.0. The highest BCUT2D eigenvalue weighted by atomic mass is 32.1. The van der Waals surface area contributed by atoms with Gasteiger partial charge < -0.3 is 24.1 Å². The lowest BCUT2D eigenvalue weighted by atomic mass is 9.94. The number of thiophene rings is 1. The second-order valence-electron chi connectivity index (χ2n) is 7.17. The van der Waals surface area contributed by atoms with Crippen LogP contribution in [0.3, 0.4) is 0 Å². The highest BCUT2D eigenvalue weighted by Gasteiger charge is 2.34. The lowest BCUT2D eigenvalue weighted by Crippen LogP contribution is -2.55. The van der Waals surface area contributed by atoms with E-state index in [1.165, 1.54) is 23.7 Å². The molecule has 4 rings (SSSR count). The predicted octanol–water partition coefficient (Wildman–Crippen LogP) is 3.19. The molecule has 1 N–H and O–H groups in total. The number of anilines is 1. The molecule has 1 atom stereocenters. The first-order chi connectivity index (χ1) is 14.6. The number of hydrogen-bond donors (Lipinski definition) is 1. The van der Waals surface area contributed by atoms with Crippen LogP contribution in [-0.2, 0) is 27.1 Å². The summed E-state index contributed by atoms with van der Waals surface area (Å²) in [6.45, 7) is 1.10. The van der Waals surface area contributed by atoms with Gasteiger partial charge in [0.05, 0.1) is 31.0 Å². The molecule has 9 heteroatoms. The summed E-state index contributed by atoms with van der Waals surface area (Å²) in [4.78, 5) is 27.1. The zero-order valence-corrected chi connectivity index (χ0v) is 17.2. The van der Waals surface area contributed by atoms with Crippen LogP contribution in [0.1, 0.15) is 28.2 Å².